The Hall–Kier alpha value is -2.11. The summed E-state index contributed by atoms with van der Waals surface area (Å²) in [6, 6.07) is 14.4. The van der Waals surface area contributed by atoms with E-state index in [4.69, 9.17) is 11.6 Å². The van der Waals surface area contributed by atoms with Gasteiger partial charge in [0.25, 0.3) is 0 Å². The highest BCUT2D eigenvalue weighted by atomic mass is 35.5. The lowest BCUT2D eigenvalue weighted by Crippen LogP contribution is -2.01. The molecule has 2 aromatic carbocycles. The molecular weight excluding hydrogens is 340 g/mol. The van der Waals surface area contributed by atoms with Crippen LogP contribution in [0, 0.1) is 20.8 Å². The topological polar surface area (TPSA) is 50.7 Å². The highest BCUT2D eigenvalue weighted by molar-refractivity contribution is 7.99. The van der Waals surface area contributed by atoms with E-state index >= 15 is 0 Å². The van der Waals surface area contributed by atoms with Gasteiger partial charge in [-0.2, -0.15) is 15.0 Å². The molecular formula is C18H17ClN4S. The van der Waals surface area contributed by atoms with E-state index in [-0.39, 0.29) is 5.28 Å². The van der Waals surface area contributed by atoms with Gasteiger partial charge in [0, 0.05) is 10.6 Å². The predicted octanol–water partition coefficient (Wildman–Crippen LogP) is 5.35. The van der Waals surface area contributed by atoms with Gasteiger partial charge in [0.2, 0.25) is 11.2 Å². The smallest absolute Gasteiger partial charge is 0.232 e. The highest BCUT2D eigenvalue weighted by Gasteiger charge is 2.08. The van der Waals surface area contributed by atoms with Crippen molar-refractivity contribution in [3.8, 4) is 0 Å². The van der Waals surface area contributed by atoms with E-state index in [9.17, 15) is 0 Å². The Morgan fingerprint density at radius 1 is 0.833 bits per heavy atom. The van der Waals surface area contributed by atoms with Crippen LogP contribution in [0.3, 0.4) is 0 Å². The van der Waals surface area contributed by atoms with Crippen LogP contribution in [-0.2, 0) is 0 Å². The third-order valence-corrected chi connectivity index (χ3v) is 4.34. The molecule has 0 aliphatic carbocycles. The van der Waals surface area contributed by atoms with E-state index in [1.807, 2.05) is 24.3 Å². The Kier molecular flexibility index (Phi) is 5.02. The summed E-state index contributed by atoms with van der Waals surface area (Å²) < 4.78 is 0. The molecule has 0 atom stereocenters. The summed E-state index contributed by atoms with van der Waals surface area (Å²) in [5.41, 5.74) is 4.49. The summed E-state index contributed by atoms with van der Waals surface area (Å²) in [5.74, 6) is 0.439. The van der Waals surface area contributed by atoms with Gasteiger partial charge in [-0.15, -0.1) is 0 Å². The van der Waals surface area contributed by atoms with Crippen LogP contribution in [-0.4, -0.2) is 15.0 Å². The Morgan fingerprint density at radius 2 is 1.50 bits per heavy atom. The Labute approximate surface area is 150 Å². The fourth-order valence-electron chi connectivity index (χ4n) is 2.32. The molecule has 6 heteroatoms. The summed E-state index contributed by atoms with van der Waals surface area (Å²) in [6.45, 7) is 6.16. The molecule has 1 N–H and O–H groups in total. The average molecular weight is 357 g/mol. The number of aromatic nitrogens is 3. The van der Waals surface area contributed by atoms with Crippen molar-refractivity contribution in [3.63, 3.8) is 0 Å². The van der Waals surface area contributed by atoms with Crippen molar-refractivity contribution in [1.29, 1.82) is 0 Å². The van der Waals surface area contributed by atoms with Crippen LogP contribution in [0.5, 0.6) is 0 Å². The maximum atomic E-state index is 6.05. The first-order chi connectivity index (χ1) is 11.5. The van der Waals surface area contributed by atoms with Gasteiger partial charge in [0.05, 0.1) is 0 Å². The molecule has 122 valence electrons. The molecule has 0 spiro atoms. The minimum atomic E-state index is 0.173. The highest BCUT2D eigenvalue weighted by Crippen LogP contribution is 2.27. The number of aryl methyl sites for hydroxylation is 3. The van der Waals surface area contributed by atoms with Gasteiger partial charge in [0.1, 0.15) is 0 Å². The number of halogens is 1. The SMILES string of the molecule is Cc1ccc(Sc2nc(Cl)nc(Nc3cc(C)cc(C)c3)n2)cc1. The Morgan fingerprint density at radius 3 is 2.17 bits per heavy atom. The number of nitrogens with one attached hydrogen (secondary N) is 1. The van der Waals surface area contributed by atoms with E-state index < -0.39 is 0 Å². The van der Waals surface area contributed by atoms with Gasteiger partial charge >= 0.3 is 0 Å². The van der Waals surface area contributed by atoms with E-state index in [1.54, 1.807) is 0 Å². The van der Waals surface area contributed by atoms with E-state index in [2.05, 4.69) is 59.2 Å². The lowest BCUT2D eigenvalue weighted by molar-refractivity contribution is 0.912. The zero-order valence-electron chi connectivity index (χ0n) is 13.7. The first kappa shape index (κ1) is 16.7. The molecule has 0 saturated carbocycles. The van der Waals surface area contributed by atoms with Crippen LogP contribution in [0.4, 0.5) is 11.6 Å². The van der Waals surface area contributed by atoms with Gasteiger partial charge in [-0.3, -0.25) is 0 Å². The maximum Gasteiger partial charge on any atom is 0.232 e. The Balaban J connectivity index is 1.84. The quantitative estimate of drug-likeness (QED) is 0.683. The summed E-state index contributed by atoms with van der Waals surface area (Å²) >= 11 is 7.51. The zero-order chi connectivity index (χ0) is 17.1. The van der Waals surface area contributed by atoms with Crippen LogP contribution >= 0.6 is 23.4 Å². The molecule has 3 rings (SSSR count). The van der Waals surface area contributed by atoms with Crippen molar-refractivity contribution in [2.24, 2.45) is 0 Å². The molecule has 0 amide bonds. The molecule has 4 nitrogen and oxygen atoms in total. The molecule has 0 saturated heterocycles. The summed E-state index contributed by atoms with van der Waals surface area (Å²) in [4.78, 5) is 13.9. The van der Waals surface area contributed by atoms with Crippen LogP contribution in [0.15, 0.2) is 52.5 Å². The van der Waals surface area contributed by atoms with E-state index in [1.165, 1.54) is 28.5 Å². The zero-order valence-corrected chi connectivity index (χ0v) is 15.2. The molecule has 0 aliphatic heterocycles. The molecule has 1 heterocycles. The van der Waals surface area contributed by atoms with Crippen molar-refractivity contribution in [2.45, 2.75) is 30.8 Å². The Bertz CT molecular complexity index is 845. The fourth-order valence-corrected chi connectivity index (χ4v) is 3.28. The fraction of sp³-hybridized carbons (Fsp3) is 0.167. The second-order valence-electron chi connectivity index (χ2n) is 5.63. The molecule has 24 heavy (non-hydrogen) atoms. The standard InChI is InChI=1S/C18H17ClN4S/c1-11-4-6-15(7-5-11)24-18-22-16(19)21-17(23-18)20-14-9-12(2)8-13(3)10-14/h4-10H,1-3H3,(H,20,21,22,23). The van der Waals surface area contributed by atoms with Gasteiger partial charge in [0.15, 0.2) is 5.16 Å². The molecule has 0 unspecified atom stereocenters. The second kappa shape index (κ2) is 7.20. The average Bonchev–Trinajstić information content (AvgIpc) is 2.48. The van der Waals surface area contributed by atoms with Crippen molar-refractivity contribution >= 4 is 35.0 Å². The molecule has 0 fully saturated rings. The van der Waals surface area contributed by atoms with Gasteiger partial charge in [-0.1, -0.05) is 23.8 Å². The monoisotopic (exact) mass is 356 g/mol. The van der Waals surface area contributed by atoms with Gasteiger partial charge in [-0.05, 0) is 79.5 Å². The number of anilines is 2. The van der Waals surface area contributed by atoms with Crippen LogP contribution < -0.4 is 5.32 Å². The number of rotatable bonds is 4. The molecule has 0 aliphatic rings. The van der Waals surface area contributed by atoms with E-state index in [0.717, 1.165) is 10.6 Å². The van der Waals surface area contributed by atoms with Gasteiger partial charge < -0.3 is 5.32 Å². The van der Waals surface area contributed by atoms with Crippen LogP contribution in [0.2, 0.25) is 5.28 Å². The molecule has 0 bridgehead atoms. The van der Waals surface area contributed by atoms with E-state index in [0.29, 0.717) is 11.1 Å². The minimum absolute atomic E-state index is 0.173. The van der Waals surface area contributed by atoms with Crippen molar-refractivity contribution in [3.05, 3.63) is 64.4 Å². The molecule has 1 aromatic heterocycles. The van der Waals surface area contributed by atoms with Crippen molar-refractivity contribution < 1.29 is 0 Å². The maximum absolute atomic E-state index is 6.05. The first-order valence-electron chi connectivity index (χ1n) is 7.49. The minimum Gasteiger partial charge on any atom is -0.324 e. The summed E-state index contributed by atoms with van der Waals surface area (Å²) in [7, 11) is 0. The van der Waals surface area contributed by atoms with Crippen molar-refractivity contribution in [1.82, 2.24) is 15.0 Å². The number of nitrogens with zero attached hydrogens (tertiary/aromatic N) is 3. The molecule has 0 radical (unpaired) electrons. The first-order valence-corrected chi connectivity index (χ1v) is 8.69. The lowest BCUT2D eigenvalue weighted by Gasteiger charge is -2.08. The normalized spacial score (nSPS) is 10.7. The lowest BCUT2D eigenvalue weighted by atomic mass is 10.1. The molecule has 3 aromatic rings. The largest absolute Gasteiger partial charge is 0.324 e. The third-order valence-electron chi connectivity index (χ3n) is 3.30. The van der Waals surface area contributed by atoms with Crippen molar-refractivity contribution in [2.75, 3.05) is 5.32 Å². The number of hydrogen-bond donors (Lipinski definition) is 1. The summed E-state index contributed by atoms with van der Waals surface area (Å²) in [6.07, 6.45) is 0. The van der Waals surface area contributed by atoms with Crippen LogP contribution in [0.1, 0.15) is 16.7 Å². The number of hydrogen-bond acceptors (Lipinski definition) is 5. The third kappa shape index (κ3) is 4.46. The predicted molar refractivity (Wildman–Crippen MR) is 99.3 cm³/mol. The summed E-state index contributed by atoms with van der Waals surface area (Å²) in [5, 5.41) is 3.94. The number of benzene rings is 2. The van der Waals surface area contributed by atoms with Gasteiger partial charge in [-0.25, -0.2) is 0 Å². The second-order valence-corrected chi connectivity index (χ2v) is 7.01. The van der Waals surface area contributed by atoms with Crippen LogP contribution in [0.25, 0.3) is 0 Å².